The lowest BCUT2D eigenvalue weighted by atomic mass is 10.1. The highest BCUT2D eigenvalue weighted by atomic mass is 35.5. The van der Waals surface area contributed by atoms with Gasteiger partial charge in [-0.25, -0.2) is 9.79 Å². The second kappa shape index (κ2) is 15.5. The molecule has 1 aliphatic rings. The molecular formula is C32H30Cl2N2O7. The van der Waals surface area contributed by atoms with Gasteiger partial charge in [-0.1, -0.05) is 90.8 Å². The summed E-state index contributed by atoms with van der Waals surface area (Å²) in [6, 6.07) is 23.5. The van der Waals surface area contributed by atoms with E-state index in [1.165, 1.54) is 0 Å². The van der Waals surface area contributed by atoms with Gasteiger partial charge in [-0.3, -0.25) is 4.90 Å². The number of rotatable bonds is 12. The molecule has 4 aromatic rings. The number of furan rings is 1. The first-order valence-corrected chi connectivity index (χ1v) is 14.2. The summed E-state index contributed by atoms with van der Waals surface area (Å²) in [6.07, 6.45) is 3.23. The number of ether oxygens (including phenoxy) is 2. The van der Waals surface area contributed by atoms with Crippen LogP contribution in [0.25, 0.3) is 11.0 Å². The average Bonchev–Trinajstić information content (AvgIpc) is 3.67. The minimum Gasteiger partial charge on any atom is -0.547 e. The van der Waals surface area contributed by atoms with Gasteiger partial charge in [-0.15, -0.1) is 0 Å². The van der Waals surface area contributed by atoms with Crippen LogP contribution in [0, 0.1) is 0 Å². The van der Waals surface area contributed by atoms with E-state index in [1.807, 2.05) is 36.8 Å². The highest BCUT2D eigenvalue weighted by molar-refractivity contribution is 6.38. The van der Waals surface area contributed by atoms with Gasteiger partial charge in [0, 0.05) is 16.8 Å². The van der Waals surface area contributed by atoms with Crippen molar-refractivity contribution in [1.29, 1.82) is 0 Å². The summed E-state index contributed by atoms with van der Waals surface area (Å²) in [4.78, 5) is 27.9. The number of carbonyl (C=O) groups excluding carboxylic acids is 1. The maximum atomic E-state index is 11.4. The molecule has 4 atom stereocenters. The van der Waals surface area contributed by atoms with E-state index in [1.54, 1.807) is 60.8 Å². The molecule has 5 rings (SSSR count). The number of aliphatic carboxylic acids is 2. The van der Waals surface area contributed by atoms with Crippen LogP contribution in [0.4, 0.5) is 0 Å². The van der Waals surface area contributed by atoms with Crippen LogP contribution >= 0.6 is 23.2 Å². The van der Waals surface area contributed by atoms with Crippen molar-refractivity contribution < 1.29 is 38.6 Å². The molecule has 0 spiro atoms. The predicted octanol–water partition coefficient (Wildman–Crippen LogP) is 4.58. The largest absolute Gasteiger partial charge is 0.547 e. The van der Waals surface area contributed by atoms with Crippen molar-refractivity contribution in [2.45, 2.75) is 44.8 Å². The Morgan fingerprint density at radius 2 is 1.56 bits per heavy atom. The quantitative estimate of drug-likeness (QED) is 0.236. The van der Waals surface area contributed by atoms with Crippen molar-refractivity contribution in [3.63, 3.8) is 0 Å². The van der Waals surface area contributed by atoms with Crippen LogP contribution in [0.1, 0.15) is 36.3 Å². The molecule has 9 nitrogen and oxygen atoms in total. The number of aliphatic imine (C=N–C) groups is 1. The summed E-state index contributed by atoms with van der Waals surface area (Å²) in [6.45, 7) is 2.02. The molecule has 0 saturated heterocycles. The number of carboxylic acid groups (broad SMARTS) is 2. The molecule has 224 valence electrons. The Morgan fingerprint density at radius 1 is 0.953 bits per heavy atom. The Balaban J connectivity index is 0.000000202. The second-order valence-electron chi connectivity index (χ2n) is 9.60. The minimum absolute atomic E-state index is 0.0454. The minimum atomic E-state index is -1.72. The molecule has 0 amide bonds. The fraction of sp³-hybridized carbons (Fsp3) is 0.219. The molecule has 1 aliphatic heterocycles. The average molecular weight is 626 g/mol. The Morgan fingerprint density at radius 3 is 2.07 bits per heavy atom. The van der Waals surface area contributed by atoms with E-state index < -0.39 is 24.1 Å². The summed E-state index contributed by atoms with van der Waals surface area (Å²) in [5, 5.41) is 22.7. The van der Waals surface area contributed by atoms with E-state index in [0.717, 1.165) is 33.6 Å². The van der Waals surface area contributed by atoms with E-state index in [2.05, 4.69) is 11.9 Å². The summed E-state index contributed by atoms with van der Waals surface area (Å²) < 4.78 is 16.4. The van der Waals surface area contributed by atoms with Gasteiger partial charge >= 0.3 is 5.97 Å². The summed E-state index contributed by atoms with van der Waals surface area (Å²) in [7, 11) is 0. The van der Waals surface area contributed by atoms with Gasteiger partial charge in [-0.05, 0) is 29.3 Å². The van der Waals surface area contributed by atoms with Gasteiger partial charge in [0.05, 0.1) is 30.4 Å². The van der Waals surface area contributed by atoms with Gasteiger partial charge in [0.2, 0.25) is 0 Å². The van der Waals surface area contributed by atoms with Crippen LogP contribution in [0.2, 0.25) is 10.0 Å². The standard InChI is InChI=1S/C18H18O6.C14H12Cl2N2O/c19-17(20)15(23-11-13-7-3-1-4-8-13)16(18(21)22)24-12-14-9-5-2-6-10-14;1-2-12(18-4-3-17-8-18)13-6-9-5-10(15)7-11(16)14(9)19-13/h1-10,15-16H,11-12H2,(H,19,20)(H,21,22);3-8,12H,2H2,1H3/t15-,16-;/m1./s1. The lowest BCUT2D eigenvalue weighted by Crippen LogP contribution is -3.05. The van der Waals surface area contributed by atoms with Gasteiger partial charge < -0.3 is 28.9 Å². The number of halogens is 2. The molecule has 0 bridgehead atoms. The van der Waals surface area contributed by atoms with Crippen molar-refractivity contribution >= 4 is 52.4 Å². The number of hydrogen-bond acceptors (Lipinski definition) is 7. The first-order chi connectivity index (χ1) is 20.8. The van der Waals surface area contributed by atoms with Gasteiger partial charge in [0.15, 0.2) is 29.8 Å². The molecule has 1 aromatic heterocycles. The van der Waals surface area contributed by atoms with Crippen LogP contribution in [-0.4, -0.2) is 35.6 Å². The van der Waals surface area contributed by atoms with Crippen LogP contribution in [0.3, 0.4) is 0 Å². The molecular weight excluding hydrogens is 595 g/mol. The van der Waals surface area contributed by atoms with Crippen LogP contribution < -0.4 is 10.0 Å². The number of carbonyl (C=O) groups is 2. The van der Waals surface area contributed by atoms with Crippen LogP contribution in [0.15, 0.2) is 101 Å². The zero-order valence-electron chi connectivity index (χ0n) is 23.2. The molecule has 2 heterocycles. The SMILES string of the molecule is CCC(c1cc2cc(Cl)cc(Cl)c2o1)[NH+]1C=CN=C1.O=C([O-])[C@H](OCc1ccccc1)[C@@H](OCc1ccccc1)C(=O)O. The highest BCUT2D eigenvalue weighted by Gasteiger charge is 2.31. The molecule has 0 fully saturated rings. The molecule has 3 aromatic carbocycles. The molecule has 2 unspecified atom stereocenters. The molecule has 2 N–H and O–H groups in total. The Hall–Kier alpha value is -3.99. The third-order valence-electron chi connectivity index (χ3n) is 6.58. The monoisotopic (exact) mass is 624 g/mol. The molecule has 0 saturated carbocycles. The fourth-order valence-electron chi connectivity index (χ4n) is 4.46. The Kier molecular flexibility index (Phi) is 11.5. The summed E-state index contributed by atoms with van der Waals surface area (Å²) >= 11 is 12.2. The van der Waals surface area contributed by atoms with Crippen molar-refractivity contribution in [2.24, 2.45) is 4.99 Å². The van der Waals surface area contributed by atoms with E-state index >= 15 is 0 Å². The predicted molar refractivity (Wildman–Crippen MR) is 161 cm³/mol. The highest BCUT2D eigenvalue weighted by Crippen LogP contribution is 2.32. The van der Waals surface area contributed by atoms with E-state index in [4.69, 9.17) is 37.1 Å². The maximum Gasteiger partial charge on any atom is 0.335 e. The van der Waals surface area contributed by atoms with Crippen molar-refractivity contribution in [3.05, 3.63) is 118 Å². The van der Waals surface area contributed by atoms with E-state index in [-0.39, 0.29) is 19.3 Å². The number of hydrogen-bond donors (Lipinski definition) is 2. The molecule has 0 radical (unpaired) electrons. The Bertz CT molecular complexity index is 1500. The van der Waals surface area contributed by atoms with Crippen molar-refractivity contribution in [2.75, 3.05) is 0 Å². The third-order valence-corrected chi connectivity index (χ3v) is 7.08. The zero-order chi connectivity index (χ0) is 30.8. The number of carboxylic acids is 2. The number of benzene rings is 3. The van der Waals surface area contributed by atoms with E-state index in [9.17, 15) is 19.8 Å². The van der Waals surface area contributed by atoms with Gasteiger partial charge in [-0.2, -0.15) is 0 Å². The van der Waals surface area contributed by atoms with Gasteiger partial charge in [0.1, 0.15) is 12.3 Å². The molecule has 0 aliphatic carbocycles. The van der Waals surface area contributed by atoms with Crippen LogP contribution in [0.5, 0.6) is 0 Å². The first kappa shape index (κ1) is 31.9. The topological polar surface area (TPSA) is 126 Å². The van der Waals surface area contributed by atoms with Crippen LogP contribution in [-0.2, 0) is 32.3 Å². The summed E-state index contributed by atoms with van der Waals surface area (Å²) in [5.41, 5.74) is 2.14. The Labute approximate surface area is 258 Å². The number of fused-ring (bicyclic) bond motifs is 1. The smallest absolute Gasteiger partial charge is 0.335 e. The maximum absolute atomic E-state index is 11.4. The van der Waals surface area contributed by atoms with Gasteiger partial charge in [0.25, 0.3) is 0 Å². The summed E-state index contributed by atoms with van der Waals surface area (Å²) in [5.74, 6) is -2.16. The lowest BCUT2D eigenvalue weighted by molar-refractivity contribution is -0.777. The third kappa shape index (κ3) is 8.76. The fourth-order valence-corrected chi connectivity index (χ4v) is 5.01. The normalized spacial score (nSPS) is 15.9. The molecule has 43 heavy (non-hydrogen) atoms. The zero-order valence-corrected chi connectivity index (χ0v) is 24.7. The van der Waals surface area contributed by atoms with E-state index in [0.29, 0.717) is 15.6 Å². The molecule has 11 heteroatoms. The lowest BCUT2D eigenvalue weighted by Gasteiger charge is -2.25. The first-order valence-electron chi connectivity index (χ1n) is 13.5. The number of nitrogens with one attached hydrogen (secondary N) is 1. The second-order valence-corrected chi connectivity index (χ2v) is 10.4. The van der Waals surface area contributed by atoms with Crippen molar-refractivity contribution in [3.8, 4) is 0 Å². The number of nitrogens with zero attached hydrogens (tertiary/aromatic N) is 1. The van der Waals surface area contributed by atoms with Crippen molar-refractivity contribution in [1.82, 2.24) is 0 Å². The number of quaternary nitrogens is 1.